The lowest BCUT2D eigenvalue weighted by Crippen LogP contribution is -2.14. The molecule has 8 heavy (non-hydrogen) atoms. The summed E-state index contributed by atoms with van der Waals surface area (Å²) in [6, 6.07) is 0. The third kappa shape index (κ3) is 4.33. The first-order valence-electron chi connectivity index (χ1n) is 2.17. The van der Waals surface area contributed by atoms with Gasteiger partial charge in [-0.25, -0.2) is 0 Å². The summed E-state index contributed by atoms with van der Waals surface area (Å²) in [6.07, 6.45) is 0. The van der Waals surface area contributed by atoms with Gasteiger partial charge in [-0.3, -0.25) is 0 Å². The van der Waals surface area contributed by atoms with E-state index < -0.39 is 0 Å². The zero-order valence-corrected chi connectivity index (χ0v) is 5.27. The molecular weight excluding hydrogens is 131 g/mol. The largest absolute Gasteiger partial charge is 0.396 e. The standard InChI is InChI=1S/C4H10O3.ClH/c5-1-4(2-6)3-7;/h4-7H,1-3H2;1H. The van der Waals surface area contributed by atoms with E-state index >= 15 is 0 Å². The number of halogens is 1. The van der Waals surface area contributed by atoms with Crippen LogP contribution in [-0.4, -0.2) is 35.1 Å². The Hall–Kier alpha value is 0.170. The summed E-state index contributed by atoms with van der Waals surface area (Å²) in [6.45, 7) is -0.437. The maximum absolute atomic E-state index is 8.21. The molecule has 0 aliphatic rings. The normalized spacial score (nSPS) is 9.00. The molecule has 0 aromatic heterocycles. The molecule has 4 heteroatoms. The molecule has 0 fully saturated rings. The van der Waals surface area contributed by atoms with E-state index in [-0.39, 0.29) is 38.1 Å². The number of hydrogen-bond acceptors (Lipinski definition) is 3. The predicted octanol–water partition coefficient (Wildman–Crippen LogP) is -0.999. The number of hydrogen-bond donors (Lipinski definition) is 3. The molecule has 0 atom stereocenters. The molecule has 3 N–H and O–H groups in total. The van der Waals surface area contributed by atoms with Crippen LogP contribution in [0.15, 0.2) is 0 Å². The Morgan fingerprint density at radius 2 is 1.12 bits per heavy atom. The van der Waals surface area contributed by atoms with Gasteiger partial charge in [0.15, 0.2) is 0 Å². The Morgan fingerprint density at radius 1 is 0.875 bits per heavy atom. The van der Waals surface area contributed by atoms with Gasteiger partial charge in [-0.2, -0.15) is 0 Å². The first kappa shape index (κ1) is 11.0. The van der Waals surface area contributed by atoms with Crippen LogP contribution >= 0.6 is 12.4 Å². The van der Waals surface area contributed by atoms with Crippen LogP contribution in [0.4, 0.5) is 0 Å². The molecule has 0 saturated heterocycles. The van der Waals surface area contributed by atoms with Crippen molar-refractivity contribution in [2.75, 3.05) is 19.8 Å². The van der Waals surface area contributed by atoms with Crippen molar-refractivity contribution in [2.24, 2.45) is 5.92 Å². The average molecular weight is 143 g/mol. The lowest BCUT2D eigenvalue weighted by atomic mass is 10.2. The fraction of sp³-hybridized carbons (Fsp3) is 1.00. The summed E-state index contributed by atoms with van der Waals surface area (Å²) in [4.78, 5) is 0. The molecule has 0 unspecified atom stereocenters. The average Bonchev–Trinajstić information content (AvgIpc) is 1.72. The molecule has 0 heterocycles. The van der Waals surface area contributed by atoms with E-state index in [0.717, 1.165) is 0 Å². The van der Waals surface area contributed by atoms with E-state index in [1.54, 1.807) is 0 Å². The summed E-state index contributed by atoms with van der Waals surface area (Å²) in [5.41, 5.74) is 0. The van der Waals surface area contributed by atoms with Crippen LogP contribution in [0.5, 0.6) is 0 Å². The van der Waals surface area contributed by atoms with E-state index in [1.807, 2.05) is 0 Å². The van der Waals surface area contributed by atoms with Crippen LogP contribution in [0.3, 0.4) is 0 Å². The summed E-state index contributed by atoms with van der Waals surface area (Å²) in [5.74, 6) is -0.347. The Bertz CT molecular complexity index is 32.8. The molecule has 0 amide bonds. The van der Waals surface area contributed by atoms with Crippen LogP contribution in [0.1, 0.15) is 0 Å². The summed E-state index contributed by atoms with van der Waals surface area (Å²) >= 11 is 0. The van der Waals surface area contributed by atoms with E-state index in [1.165, 1.54) is 0 Å². The van der Waals surface area contributed by atoms with E-state index in [9.17, 15) is 0 Å². The third-order valence-electron chi connectivity index (χ3n) is 0.775. The summed E-state index contributed by atoms with van der Waals surface area (Å²) in [5, 5.41) is 24.6. The molecule has 52 valence electrons. The molecule has 0 aromatic rings. The fourth-order valence-electron chi connectivity index (χ4n) is 0.173. The highest BCUT2D eigenvalue weighted by Crippen LogP contribution is 1.87. The molecule has 0 aliphatic carbocycles. The third-order valence-corrected chi connectivity index (χ3v) is 0.775. The van der Waals surface area contributed by atoms with Crippen molar-refractivity contribution in [2.45, 2.75) is 0 Å². The molecule has 0 aromatic carbocycles. The predicted molar refractivity (Wildman–Crippen MR) is 32.0 cm³/mol. The quantitative estimate of drug-likeness (QED) is 0.474. The summed E-state index contributed by atoms with van der Waals surface area (Å²) in [7, 11) is 0. The maximum Gasteiger partial charge on any atom is 0.0503 e. The second-order valence-corrected chi connectivity index (χ2v) is 1.41. The minimum Gasteiger partial charge on any atom is -0.396 e. The highest BCUT2D eigenvalue weighted by Gasteiger charge is 2.00. The van der Waals surface area contributed by atoms with Gasteiger partial charge in [-0.05, 0) is 0 Å². The van der Waals surface area contributed by atoms with Crippen molar-refractivity contribution in [1.82, 2.24) is 0 Å². The van der Waals surface area contributed by atoms with E-state index in [2.05, 4.69) is 0 Å². The Labute approximate surface area is 54.4 Å². The molecule has 0 saturated carbocycles. The Kier molecular flexibility index (Phi) is 9.89. The molecule has 0 bridgehead atoms. The fourth-order valence-corrected chi connectivity index (χ4v) is 0.173. The second kappa shape index (κ2) is 7.17. The van der Waals surface area contributed by atoms with Gasteiger partial charge < -0.3 is 15.3 Å². The van der Waals surface area contributed by atoms with Crippen LogP contribution < -0.4 is 0 Å². The van der Waals surface area contributed by atoms with Gasteiger partial charge in [0.2, 0.25) is 0 Å². The van der Waals surface area contributed by atoms with Crippen LogP contribution in [-0.2, 0) is 0 Å². The van der Waals surface area contributed by atoms with Crippen molar-refractivity contribution in [3.05, 3.63) is 0 Å². The van der Waals surface area contributed by atoms with Crippen molar-refractivity contribution < 1.29 is 15.3 Å². The second-order valence-electron chi connectivity index (χ2n) is 1.41. The zero-order chi connectivity index (χ0) is 5.70. The van der Waals surface area contributed by atoms with Gasteiger partial charge in [-0.15, -0.1) is 12.4 Å². The minimum atomic E-state index is -0.347. The van der Waals surface area contributed by atoms with Crippen molar-refractivity contribution in [3.8, 4) is 0 Å². The SMILES string of the molecule is Cl.OCC(CO)CO. The van der Waals surface area contributed by atoms with Crippen molar-refractivity contribution >= 4 is 12.4 Å². The number of rotatable bonds is 3. The molecule has 3 nitrogen and oxygen atoms in total. The smallest absolute Gasteiger partial charge is 0.0503 e. The van der Waals surface area contributed by atoms with Gasteiger partial charge >= 0.3 is 0 Å². The van der Waals surface area contributed by atoms with Gasteiger partial charge in [0, 0.05) is 5.92 Å². The van der Waals surface area contributed by atoms with E-state index in [4.69, 9.17) is 15.3 Å². The number of aliphatic hydroxyl groups is 3. The van der Waals surface area contributed by atoms with Crippen LogP contribution in [0, 0.1) is 5.92 Å². The molecule has 0 rings (SSSR count). The molecule has 0 radical (unpaired) electrons. The molecular formula is C4H11ClO3. The highest BCUT2D eigenvalue weighted by atomic mass is 35.5. The molecule has 0 aliphatic heterocycles. The Morgan fingerprint density at radius 3 is 1.12 bits per heavy atom. The Balaban J connectivity index is 0. The van der Waals surface area contributed by atoms with Crippen LogP contribution in [0.25, 0.3) is 0 Å². The lowest BCUT2D eigenvalue weighted by Gasteiger charge is -2.02. The monoisotopic (exact) mass is 142 g/mol. The van der Waals surface area contributed by atoms with Gasteiger partial charge in [-0.1, -0.05) is 0 Å². The molecule has 0 spiro atoms. The highest BCUT2D eigenvalue weighted by molar-refractivity contribution is 5.85. The van der Waals surface area contributed by atoms with Gasteiger partial charge in [0.1, 0.15) is 0 Å². The minimum absolute atomic E-state index is 0. The zero-order valence-electron chi connectivity index (χ0n) is 4.45. The van der Waals surface area contributed by atoms with Gasteiger partial charge in [0.25, 0.3) is 0 Å². The first-order valence-corrected chi connectivity index (χ1v) is 2.17. The summed E-state index contributed by atoms with van der Waals surface area (Å²) < 4.78 is 0. The van der Waals surface area contributed by atoms with E-state index in [0.29, 0.717) is 0 Å². The van der Waals surface area contributed by atoms with Gasteiger partial charge in [0.05, 0.1) is 19.8 Å². The first-order chi connectivity index (χ1) is 3.35. The van der Waals surface area contributed by atoms with Crippen molar-refractivity contribution in [1.29, 1.82) is 0 Å². The van der Waals surface area contributed by atoms with Crippen molar-refractivity contribution in [3.63, 3.8) is 0 Å². The van der Waals surface area contributed by atoms with Crippen LogP contribution in [0.2, 0.25) is 0 Å². The topological polar surface area (TPSA) is 60.7 Å². The lowest BCUT2D eigenvalue weighted by molar-refractivity contribution is 0.0969. The maximum atomic E-state index is 8.21. The number of aliphatic hydroxyl groups excluding tert-OH is 3.